The van der Waals surface area contributed by atoms with Crippen LogP contribution in [0.2, 0.25) is 0 Å². The first kappa shape index (κ1) is 17.0. The van der Waals surface area contributed by atoms with Gasteiger partial charge in [0.05, 0.1) is 6.10 Å². The number of hydrogen-bond acceptors (Lipinski definition) is 2. The van der Waals surface area contributed by atoms with E-state index in [-0.39, 0.29) is 5.54 Å². The number of ether oxygens (including phenoxy) is 1. The molecular weight excluding hydrogens is 234 g/mol. The zero-order chi connectivity index (χ0) is 14.5. The van der Waals surface area contributed by atoms with E-state index >= 15 is 0 Å². The van der Waals surface area contributed by atoms with Crippen LogP contribution in [0.4, 0.5) is 0 Å². The molecule has 1 heterocycles. The van der Waals surface area contributed by atoms with Gasteiger partial charge in [-0.3, -0.25) is 0 Å². The fourth-order valence-corrected chi connectivity index (χ4v) is 2.73. The van der Waals surface area contributed by atoms with Crippen LogP contribution < -0.4 is 5.32 Å². The molecule has 0 aliphatic carbocycles. The normalized spacial score (nSPS) is 22.7. The van der Waals surface area contributed by atoms with Gasteiger partial charge in [-0.2, -0.15) is 0 Å². The zero-order valence-electron chi connectivity index (χ0n) is 14.0. The summed E-state index contributed by atoms with van der Waals surface area (Å²) in [6.07, 6.45) is 6.96. The average Bonchev–Trinajstić information content (AvgIpc) is 2.72. The first-order chi connectivity index (χ1) is 8.68. The Labute approximate surface area is 120 Å². The third kappa shape index (κ3) is 7.31. The summed E-state index contributed by atoms with van der Waals surface area (Å²) in [5, 5.41) is 3.68. The Morgan fingerprint density at radius 1 is 1.16 bits per heavy atom. The number of nitrogens with one attached hydrogen (secondary N) is 1. The maximum absolute atomic E-state index is 5.72. The molecular formula is C17H35NO. The van der Waals surface area contributed by atoms with Crippen LogP contribution in [0, 0.1) is 11.3 Å². The summed E-state index contributed by atoms with van der Waals surface area (Å²) < 4.78 is 5.72. The molecule has 0 aromatic heterocycles. The minimum atomic E-state index is 0.220. The summed E-state index contributed by atoms with van der Waals surface area (Å²) in [6.45, 7) is 16.0. The molecule has 114 valence electrons. The van der Waals surface area contributed by atoms with E-state index in [2.05, 4.69) is 46.9 Å². The highest BCUT2D eigenvalue weighted by Crippen LogP contribution is 2.31. The van der Waals surface area contributed by atoms with E-state index in [1.165, 1.54) is 32.1 Å². The second-order valence-corrected chi connectivity index (χ2v) is 8.26. The van der Waals surface area contributed by atoms with Crippen LogP contribution in [0.3, 0.4) is 0 Å². The SMILES string of the molecule is CC(C)(C)NCC(CCCC1CCCO1)C(C)(C)C. The lowest BCUT2D eigenvalue weighted by atomic mass is 9.77. The van der Waals surface area contributed by atoms with Crippen LogP contribution in [0.15, 0.2) is 0 Å². The molecule has 1 aliphatic heterocycles. The second kappa shape index (κ2) is 7.08. The summed E-state index contributed by atoms with van der Waals surface area (Å²) in [4.78, 5) is 0. The Kier molecular flexibility index (Phi) is 6.32. The van der Waals surface area contributed by atoms with Crippen LogP contribution in [0.25, 0.3) is 0 Å². The lowest BCUT2D eigenvalue weighted by Gasteiger charge is -2.34. The van der Waals surface area contributed by atoms with E-state index < -0.39 is 0 Å². The van der Waals surface area contributed by atoms with Crippen molar-refractivity contribution in [2.75, 3.05) is 13.2 Å². The van der Waals surface area contributed by atoms with Crippen LogP contribution in [-0.2, 0) is 4.74 Å². The molecule has 0 amide bonds. The molecule has 2 atom stereocenters. The monoisotopic (exact) mass is 269 g/mol. The zero-order valence-corrected chi connectivity index (χ0v) is 14.0. The van der Waals surface area contributed by atoms with Gasteiger partial charge < -0.3 is 10.1 Å². The van der Waals surface area contributed by atoms with Crippen molar-refractivity contribution in [1.82, 2.24) is 5.32 Å². The third-order valence-electron chi connectivity index (χ3n) is 4.21. The largest absolute Gasteiger partial charge is 0.378 e. The molecule has 2 heteroatoms. The molecule has 0 spiro atoms. The van der Waals surface area contributed by atoms with E-state index in [0.717, 1.165) is 19.1 Å². The van der Waals surface area contributed by atoms with Crippen molar-refractivity contribution >= 4 is 0 Å². The van der Waals surface area contributed by atoms with Gasteiger partial charge in [0.25, 0.3) is 0 Å². The van der Waals surface area contributed by atoms with Crippen molar-refractivity contribution in [3.8, 4) is 0 Å². The first-order valence-electron chi connectivity index (χ1n) is 8.05. The Hall–Kier alpha value is -0.0800. The Morgan fingerprint density at radius 3 is 2.32 bits per heavy atom. The molecule has 0 aromatic rings. The van der Waals surface area contributed by atoms with Crippen LogP contribution in [0.1, 0.15) is 73.6 Å². The van der Waals surface area contributed by atoms with Crippen LogP contribution in [0.5, 0.6) is 0 Å². The molecule has 2 unspecified atom stereocenters. The fraction of sp³-hybridized carbons (Fsp3) is 1.00. The quantitative estimate of drug-likeness (QED) is 0.772. The van der Waals surface area contributed by atoms with Crippen molar-refractivity contribution in [3.63, 3.8) is 0 Å². The predicted molar refractivity (Wildman–Crippen MR) is 83.5 cm³/mol. The molecule has 1 N–H and O–H groups in total. The fourth-order valence-electron chi connectivity index (χ4n) is 2.73. The Balaban J connectivity index is 2.32. The molecule has 1 rings (SSSR count). The predicted octanol–water partition coefficient (Wildman–Crippen LogP) is 4.39. The van der Waals surface area contributed by atoms with E-state index in [9.17, 15) is 0 Å². The number of rotatable bonds is 6. The summed E-state index contributed by atoms with van der Waals surface area (Å²) in [5.41, 5.74) is 0.604. The molecule has 1 aliphatic rings. The molecule has 0 bridgehead atoms. The van der Waals surface area contributed by atoms with Gasteiger partial charge in [-0.05, 0) is 64.3 Å². The number of hydrogen-bond donors (Lipinski definition) is 1. The van der Waals surface area contributed by atoms with Crippen LogP contribution in [-0.4, -0.2) is 24.8 Å². The van der Waals surface area contributed by atoms with Gasteiger partial charge in [-0.25, -0.2) is 0 Å². The molecule has 0 aromatic carbocycles. The third-order valence-corrected chi connectivity index (χ3v) is 4.21. The van der Waals surface area contributed by atoms with E-state index in [1.807, 2.05) is 0 Å². The molecule has 1 fully saturated rings. The lowest BCUT2D eigenvalue weighted by Crippen LogP contribution is -2.42. The first-order valence-corrected chi connectivity index (χ1v) is 8.05. The lowest BCUT2D eigenvalue weighted by molar-refractivity contribution is 0.0971. The van der Waals surface area contributed by atoms with E-state index in [4.69, 9.17) is 4.74 Å². The van der Waals surface area contributed by atoms with Crippen molar-refractivity contribution < 1.29 is 4.74 Å². The van der Waals surface area contributed by atoms with Gasteiger partial charge in [0.2, 0.25) is 0 Å². The van der Waals surface area contributed by atoms with Crippen molar-refractivity contribution in [2.24, 2.45) is 11.3 Å². The summed E-state index contributed by atoms with van der Waals surface area (Å²) in [6, 6.07) is 0. The van der Waals surface area contributed by atoms with E-state index in [0.29, 0.717) is 11.5 Å². The highest BCUT2D eigenvalue weighted by molar-refractivity contribution is 4.80. The van der Waals surface area contributed by atoms with Crippen molar-refractivity contribution in [2.45, 2.75) is 85.3 Å². The summed E-state index contributed by atoms with van der Waals surface area (Å²) >= 11 is 0. The second-order valence-electron chi connectivity index (χ2n) is 8.26. The van der Waals surface area contributed by atoms with Gasteiger partial charge in [-0.15, -0.1) is 0 Å². The molecule has 0 saturated carbocycles. The van der Waals surface area contributed by atoms with Crippen molar-refractivity contribution in [3.05, 3.63) is 0 Å². The summed E-state index contributed by atoms with van der Waals surface area (Å²) in [7, 11) is 0. The van der Waals surface area contributed by atoms with Gasteiger partial charge in [-0.1, -0.05) is 27.2 Å². The molecule has 19 heavy (non-hydrogen) atoms. The smallest absolute Gasteiger partial charge is 0.0576 e. The highest BCUT2D eigenvalue weighted by Gasteiger charge is 2.26. The molecule has 0 radical (unpaired) electrons. The topological polar surface area (TPSA) is 21.3 Å². The van der Waals surface area contributed by atoms with Gasteiger partial charge >= 0.3 is 0 Å². The average molecular weight is 269 g/mol. The highest BCUT2D eigenvalue weighted by atomic mass is 16.5. The Bertz CT molecular complexity index is 243. The molecule has 2 nitrogen and oxygen atoms in total. The maximum atomic E-state index is 5.72. The Morgan fingerprint density at radius 2 is 1.84 bits per heavy atom. The molecule has 1 saturated heterocycles. The van der Waals surface area contributed by atoms with Gasteiger partial charge in [0.15, 0.2) is 0 Å². The summed E-state index contributed by atoms with van der Waals surface area (Å²) in [5.74, 6) is 0.744. The van der Waals surface area contributed by atoms with Gasteiger partial charge in [0, 0.05) is 12.1 Å². The van der Waals surface area contributed by atoms with E-state index in [1.54, 1.807) is 0 Å². The van der Waals surface area contributed by atoms with Crippen molar-refractivity contribution in [1.29, 1.82) is 0 Å². The maximum Gasteiger partial charge on any atom is 0.0576 e. The van der Waals surface area contributed by atoms with Gasteiger partial charge in [0.1, 0.15) is 0 Å². The minimum Gasteiger partial charge on any atom is -0.378 e. The van der Waals surface area contributed by atoms with Crippen LogP contribution >= 0.6 is 0 Å². The minimum absolute atomic E-state index is 0.220. The standard InChI is InChI=1S/C17H35NO/c1-16(2,3)14(13-18-17(4,5)6)9-7-10-15-11-8-12-19-15/h14-15,18H,7-13H2,1-6H3.